The summed E-state index contributed by atoms with van der Waals surface area (Å²) < 4.78 is 0. The highest BCUT2D eigenvalue weighted by Gasteiger charge is 2.31. The van der Waals surface area contributed by atoms with Crippen molar-refractivity contribution in [2.45, 2.75) is 32.0 Å². The van der Waals surface area contributed by atoms with Crippen molar-refractivity contribution in [2.75, 3.05) is 11.9 Å². The van der Waals surface area contributed by atoms with Gasteiger partial charge < -0.3 is 10.6 Å². The summed E-state index contributed by atoms with van der Waals surface area (Å²) in [4.78, 5) is 14.5. The van der Waals surface area contributed by atoms with Gasteiger partial charge in [-0.1, -0.05) is 30.3 Å². The van der Waals surface area contributed by atoms with Crippen molar-refractivity contribution in [1.82, 2.24) is 20.4 Å². The number of nitrogens with zero attached hydrogens (tertiary/aromatic N) is 3. The molecule has 23 heavy (non-hydrogen) atoms. The number of hydrogen-bond acceptors (Lipinski definition) is 4. The summed E-state index contributed by atoms with van der Waals surface area (Å²) in [7, 11) is 0. The third-order valence-corrected chi connectivity index (χ3v) is 4.27. The lowest BCUT2D eigenvalue weighted by molar-refractivity contribution is 0.229. The van der Waals surface area contributed by atoms with Crippen molar-refractivity contribution >= 4 is 11.7 Å². The van der Waals surface area contributed by atoms with Crippen LogP contribution in [0.15, 0.2) is 48.8 Å². The molecular formula is C17H21N5O. The number of aromatic nitrogens is 2. The van der Waals surface area contributed by atoms with Crippen LogP contribution in [0.2, 0.25) is 0 Å². The lowest BCUT2D eigenvalue weighted by atomic mass is 10.1. The van der Waals surface area contributed by atoms with Crippen LogP contribution in [0.25, 0.3) is 0 Å². The van der Waals surface area contributed by atoms with Gasteiger partial charge in [-0.25, -0.2) is 4.79 Å². The standard InChI is InChI=1S/C17H21N5O/c1-13-16(21-17(23)20-15-7-9-18-19-11-15)8-10-22(13)12-14-5-3-2-4-6-14/h2-7,9,11,13,16H,8,10,12H2,1H3,(H2,18,20,21,23)/t13-,16-/m1/s1. The molecule has 0 aliphatic carbocycles. The van der Waals surface area contributed by atoms with Gasteiger partial charge in [0.1, 0.15) is 0 Å². The zero-order chi connectivity index (χ0) is 16.1. The van der Waals surface area contributed by atoms with Crippen LogP contribution in [0, 0.1) is 0 Å². The minimum Gasteiger partial charge on any atom is -0.334 e. The first kappa shape index (κ1) is 15.4. The molecule has 0 bridgehead atoms. The van der Waals surface area contributed by atoms with E-state index in [-0.39, 0.29) is 12.1 Å². The van der Waals surface area contributed by atoms with Gasteiger partial charge in [0.05, 0.1) is 18.1 Å². The Labute approximate surface area is 135 Å². The zero-order valence-electron chi connectivity index (χ0n) is 13.1. The Balaban J connectivity index is 1.52. The average molecular weight is 311 g/mol. The zero-order valence-corrected chi connectivity index (χ0v) is 13.1. The molecule has 2 atom stereocenters. The molecule has 1 fully saturated rings. The highest BCUT2D eigenvalue weighted by atomic mass is 16.2. The quantitative estimate of drug-likeness (QED) is 0.908. The van der Waals surface area contributed by atoms with Crippen LogP contribution in [0.1, 0.15) is 18.9 Å². The normalized spacial score (nSPS) is 21.1. The minimum atomic E-state index is -0.198. The number of benzene rings is 1. The number of likely N-dealkylation sites (tertiary alicyclic amines) is 1. The molecule has 1 aromatic carbocycles. The van der Waals surface area contributed by atoms with Crippen molar-refractivity contribution < 1.29 is 4.79 Å². The van der Waals surface area contributed by atoms with E-state index < -0.39 is 0 Å². The lowest BCUT2D eigenvalue weighted by Gasteiger charge is -2.25. The Morgan fingerprint density at radius 3 is 2.83 bits per heavy atom. The van der Waals surface area contributed by atoms with E-state index in [0.717, 1.165) is 19.5 Å². The van der Waals surface area contributed by atoms with Crippen LogP contribution in [-0.4, -0.2) is 39.8 Å². The average Bonchev–Trinajstić information content (AvgIpc) is 2.90. The minimum absolute atomic E-state index is 0.147. The third kappa shape index (κ3) is 4.04. The second-order valence-corrected chi connectivity index (χ2v) is 5.82. The molecule has 2 heterocycles. The van der Waals surface area contributed by atoms with Gasteiger partial charge in [-0.15, -0.1) is 0 Å². The molecule has 0 spiro atoms. The fourth-order valence-corrected chi connectivity index (χ4v) is 2.94. The van der Waals surface area contributed by atoms with Crippen molar-refractivity contribution in [2.24, 2.45) is 0 Å². The number of hydrogen-bond donors (Lipinski definition) is 2. The predicted octanol–water partition coefficient (Wildman–Crippen LogP) is 2.26. The van der Waals surface area contributed by atoms with E-state index in [1.54, 1.807) is 12.3 Å². The Morgan fingerprint density at radius 2 is 2.09 bits per heavy atom. The highest BCUT2D eigenvalue weighted by molar-refractivity contribution is 5.89. The first-order valence-corrected chi connectivity index (χ1v) is 7.84. The number of rotatable bonds is 4. The fourth-order valence-electron chi connectivity index (χ4n) is 2.94. The SMILES string of the molecule is C[C@@H]1[C@H](NC(=O)Nc2ccnnc2)CCN1Cc1ccccc1. The van der Waals surface area contributed by atoms with Crippen LogP contribution >= 0.6 is 0 Å². The summed E-state index contributed by atoms with van der Waals surface area (Å²) in [5.74, 6) is 0. The maximum atomic E-state index is 12.1. The Kier molecular flexibility index (Phi) is 4.83. The molecule has 2 amide bonds. The van der Waals surface area contributed by atoms with Crippen molar-refractivity contribution in [3.8, 4) is 0 Å². The summed E-state index contributed by atoms with van der Waals surface area (Å²) in [6.07, 6.45) is 4.03. The van der Waals surface area contributed by atoms with E-state index in [0.29, 0.717) is 11.7 Å². The van der Waals surface area contributed by atoms with Crippen molar-refractivity contribution in [3.63, 3.8) is 0 Å². The van der Waals surface area contributed by atoms with E-state index in [4.69, 9.17) is 0 Å². The van der Waals surface area contributed by atoms with E-state index in [9.17, 15) is 4.79 Å². The van der Waals surface area contributed by atoms with Gasteiger partial charge in [-0.2, -0.15) is 10.2 Å². The molecular weight excluding hydrogens is 290 g/mol. The van der Waals surface area contributed by atoms with Crippen LogP contribution in [0.5, 0.6) is 0 Å². The van der Waals surface area contributed by atoms with E-state index >= 15 is 0 Å². The molecule has 1 aliphatic heterocycles. The van der Waals surface area contributed by atoms with Gasteiger partial charge in [-0.05, 0) is 25.0 Å². The Bertz CT molecular complexity index is 634. The number of carbonyl (C=O) groups is 1. The van der Waals surface area contributed by atoms with Crippen LogP contribution < -0.4 is 10.6 Å². The summed E-state index contributed by atoms with van der Waals surface area (Å²) in [6, 6.07) is 12.4. The molecule has 120 valence electrons. The molecule has 1 saturated heterocycles. The van der Waals surface area contributed by atoms with Gasteiger partial charge in [0.15, 0.2) is 0 Å². The molecule has 6 nitrogen and oxygen atoms in total. The number of anilines is 1. The maximum Gasteiger partial charge on any atom is 0.319 e. The molecule has 3 rings (SSSR count). The molecule has 1 aliphatic rings. The highest BCUT2D eigenvalue weighted by Crippen LogP contribution is 2.20. The molecule has 6 heteroatoms. The Hall–Kier alpha value is -2.47. The summed E-state index contributed by atoms with van der Waals surface area (Å²) >= 11 is 0. The van der Waals surface area contributed by atoms with E-state index in [2.05, 4.69) is 56.9 Å². The van der Waals surface area contributed by atoms with Crippen LogP contribution in [0.3, 0.4) is 0 Å². The summed E-state index contributed by atoms with van der Waals surface area (Å²) in [6.45, 7) is 4.06. The van der Waals surface area contributed by atoms with Crippen LogP contribution in [0.4, 0.5) is 10.5 Å². The predicted molar refractivity (Wildman–Crippen MR) is 88.9 cm³/mol. The van der Waals surface area contributed by atoms with E-state index in [1.807, 2.05) is 6.07 Å². The third-order valence-electron chi connectivity index (χ3n) is 4.27. The maximum absolute atomic E-state index is 12.1. The monoisotopic (exact) mass is 311 g/mol. The van der Waals surface area contributed by atoms with Crippen molar-refractivity contribution in [1.29, 1.82) is 0 Å². The molecule has 0 unspecified atom stereocenters. The van der Waals surface area contributed by atoms with Gasteiger partial charge in [0, 0.05) is 25.2 Å². The number of nitrogens with one attached hydrogen (secondary N) is 2. The summed E-state index contributed by atoms with van der Waals surface area (Å²) in [5, 5.41) is 13.3. The molecule has 0 radical (unpaired) electrons. The number of amides is 2. The molecule has 2 aromatic rings. The molecule has 2 N–H and O–H groups in total. The topological polar surface area (TPSA) is 70.1 Å². The Morgan fingerprint density at radius 1 is 1.26 bits per heavy atom. The van der Waals surface area contributed by atoms with Gasteiger partial charge in [0.25, 0.3) is 0 Å². The van der Waals surface area contributed by atoms with Crippen molar-refractivity contribution in [3.05, 3.63) is 54.4 Å². The first-order valence-electron chi connectivity index (χ1n) is 7.84. The smallest absolute Gasteiger partial charge is 0.319 e. The summed E-state index contributed by atoms with van der Waals surface area (Å²) in [5.41, 5.74) is 1.94. The molecule has 0 saturated carbocycles. The number of urea groups is 1. The van der Waals surface area contributed by atoms with Gasteiger partial charge in [-0.3, -0.25) is 4.90 Å². The largest absolute Gasteiger partial charge is 0.334 e. The second-order valence-electron chi connectivity index (χ2n) is 5.82. The van der Waals surface area contributed by atoms with E-state index in [1.165, 1.54) is 11.8 Å². The second kappa shape index (κ2) is 7.19. The van der Waals surface area contributed by atoms with Gasteiger partial charge >= 0.3 is 6.03 Å². The van der Waals surface area contributed by atoms with Crippen LogP contribution in [-0.2, 0) is 6.54 Å². The molecule has 1 aromatic heterocycles. The lowest BCUT2D eigenvalue weighted by Crippen LogP contribution is -2.44. The first-order chi connectivity index (χ1) is 11.2. The van der Waals surface area contributed by atoms with Gasteiger partial charge in [0.2, 0.25) is 0 Å². The fraction of sp³-hybridized carbons (Fsp3) is 0.353. The number of carbonyl (C=O) groups excluding carboxylic acids is 1.